The molecule has 0 aromatic carbocycles. The average molecular weight is 445 g/mol. The molecule has 0 radical (unpaired) electrons. The van der Waals surface area contributed by atoms with E-state index in [9.17, 15) is 14.4 Å². The van der Waals surface area contributed by atoms with Crippen LogP contribution in [0, 0.1) is 5.92 Å². The van der Waals surface area contributed by atoms with Crippen molar-refractivity contribution in [2.45, 2.75) is 88.0 Å². The fourth-order valence-corrected chi connectivity index (χ4v) is 5.81. The zero-order valence-electron chi connectivity index (χ0n) is 17.9. The van der Waals surface area contributed by atoms with Crippen LogP contribution >= 0.6 is 11.3 Å². The maximum atomic E-state index is 13.3. The Hall–Kier alpha value is -1.93. The number of likely N-dealkylation sites (tertiary alicyclic amines) is 1. The highest BCUT2D eigenvalue weighted by Gasteiger charge is 2.49. The van der Waals surface area contributed by atoms with E-state index in [1.165, 1.54) is 11.3 Å². The van der Waals surface area contributed by atoms with E-state index in [0.717, 1.165) is 56.2 Å². The first-order valence-corrected chi connectivity index (χ1v) is 12.6. The Balaban J connectivity index is 1.32. The minimum atomic E-state index is -0.480. The maximum Gasteiger partial charge on any atom is 0.264 e. The van der Waals surface area contributed by atoms with Crippen LogP contribution in [0.5, 0.6) is 0 Å². The standard InChI is InChI=1S/C23H32N4O3S/c24-15-5-7-16(8-6-15)25-21(28)19-12-18(13-26(19)22(29)14-3-4-14)27(17-9-10-17)23(30)20-2-1-11-31-20/h1-2,11,14-19H,3-10,12-13,24H2,(H,25,28). The van der Waals surface area contributed by atoms with Crippen molar-refractivity contribution in [2.24, 2.45) is 11.7 Å². The molecule has 2 unspecified atom stereocenters. The smallest absolute Gasteiger partial charge is 0.264 e. The van der Waals surface area contributed by atoms with Crippen molar-refractivity contribution in [3.05, 3.63) is 22.4 Å². The van der Waals surface area contributed by atoms with E-state index >= 15 is 0 Å². The Kier molecular flexibility index (Phi) is 5.77. The minimum absolute atomic E-state index is 0.0450. The van der Waals surface area contributed by atoms with Gasteiger partial charge in [-0.1, -0.05) is 6.07 Å². The summed E-state index contributed by atoms with van der Waals surface area (Å²) in [5.74, 6) is 0.136. The van der Waals surface area contributed by atoms with Gasteiger partial charge in [-0.15, -0.1) is 11.3 Å². The first-order chi connectivity index (χ1) is 15.0. The van der Waals surface area contributed by atoms with Gasteiger partial charge >= 0.3 is 0 Å². The number of carbonyl (C=O) groups is 3. The predicted molar refractivity (Wildman–Crippen MR) is 119 cm³/mol. The predicted octanol–water partition coefficient (Wildman–Crippen LogP) is 2.12. The van der Waals surface area contributed by atoms with Crippen LogP contribution in [0.15, 0.2) is 17.5 Å². The number of amides is 3. The summed E-state index contributed by atoms with van der Waals surface area (Å²) in [6, 6.07) is 3.78. The third-order valence-corrected chi connectivity index (χ3v) is 8.07. The molecule has 1 aromatic heterocycles. The molecule has 0 spiro atoms. The molecule has 2 heterocycles. The summed E-state index contributed by atoms with van der Waals surface area (Å²) in [5.41, 5.74) is 6.00. The van der Waals surface area contributed by atoms with Crippen LogP contribution < -0.4 is 11.1 Å². The van der Waals surface area contributed by atoms with Gasteiger partial charge in [0.25, 0.3) is 5.91 Å². The molecule has 4 aliphatic rings. The van der Waals surface area contributed by atoms with Gasteiger partial charge in [-0.25, -0.2) is 0 Å². The molecule has 3 aliphatic carbocycles. The Morgan fingerprint density at radius 1 is 1.03 bits per heavy atom. The quantitative estimate of drug-likeness (QED) is 0.703. The van der Waals surface area contributed by atoms with Crippen molar-refractivity contribution in [1.29, 1.82) is 0 Å². The topological polar surface area (TPSA) is 95.7 Å². The van der Waals surface area contributed by atoms with E-state index in [1.54, 1.807) is 4.90 Å². The van der Waals surface area contributed by atoms with Crippen LogP contribution in [0.3, 0.4) is 0 Å². The summed E-state index contributed by atoms with van der Waals surface area (Å²) in [5, 5.41) is 5.12. The van der Waals surface area contributed by atoms with Gasteiger partial charge in [-0.3, -0.25) is 14.4 Å². The van der Waals surface area contributed by atoms with Gasteiger partial charge in [-0.2, -0.15) is 0 Å². The number of rotatable bonds is 6. The number of nitrogens with one attached hydrogen (secondary N) is 1. The number of thiophene rings is 1. The first-order valence-electron chi connectivity index (χ1n) is 11.7. The largest absolute Gasteiger partial charge is 0.352 e. The summed E-state index contributed by atoms with van der Waals surface area (Å²) >= 11 is 1.45. The van der Waals surface area contributed by atoms with E-state index < -0.39 is 6.04 Å². The molecule has 7 nitrogen and oxygen atoms in total. The van der Waals surface area contributed by atoms with Crippen molar-refractivity contribution in [1.82, 2.24) is 15.1 Å². The van der Waals surface area contributed by atoms with Crippen molar-refractivity contribution in [2.75, 3.05) is 6.54 Å². The molecule has 1 aliphatic heterocycles. The van der Waals surface area contributed by atoms with E-state index in [4.69, 9.17) is 5.73 Å². The highest BCUT2D eigenvalue weighted by Crippen LogP contribution is 2.38. The molecule has 4 fully saturated rings. The van der Waals surface area contributed by atoms with E-state index in [2.05, 4.69) is 5.32 Å². The SMILES string of the molecule is NC1CCC(NC(=O)C2CC(N(C(=O)c3cccs3)C3CC3)CN2C(=O)C2CC2)CC1. The van der Waals surface area contributed by atoms with Crippen LogP contribution in [0.25, 0.3) is 0 Å². The number of hydrogen-bond donors (Lipinski definition) is 2. The van der Waals surface area contributed by atoms with Crippen LogP contribution in [0.4, 0.5) is 0 Å². The third-order valence-electron chi connectivity index (χ3n) is 7.21. The summed E-state index contributed by atoms with van der Waals surface area (Å²) in [7, 11) is 0. The Morgan fingerprint density at radius 3 is 2.39 bits per heavy atom. The van der Waals surface area contributed by atoms with Gasteiger partial charge < -0.3 is 20.9 Å². The van der Waals surface area contributed by atoms with Crippen molar-refractivity contribution in [3.63, 3.8) is 0 Å². The Morgan fingerprint density at radius 2 is 1.77 bits per heavy atom. The fourth-order valence-electron chi connectivity index (χ4n) is 5.14. The molecule has 0 bridgehead atoms. The van der Waals surface area contributed by atoms with E-state index in [0.29, 0.717) is 13.0 Å². The Labute approximate surface area is 187 Å². The zero-order chi connectivity index (χ0) is 21.5. The summed E-state index contributed by atoms with van der Waals surface area (Å²) in [4.78, 5) is 44.0. The molecule has 1 aromatic rings. The van der Waals surface area contributed by atoms with Crippen LogP contribution in [-0.2, 0) is 9.59 Å². The fraction of sp³-hybridized carbons (Fsp3) is 0.696. The number of nitrogens with two attached hydrogens (primary N) is 1. The third kappa shape index (κ3) is 4.51. The van der Waals surface area contributed by atoms with Gasteiger partial charge in [0.15, 0.2) is 0 Å². The molecule has 2 atom stereocenters. The highest BCUT2D eigenvalue weighted by atomic mass is 32.1. The molecule has 3 saturated carbocycles. The van der Waals surface area contributed by atoms with E-state index in [-0.39, 0.29) is 47.8 Å². The molecule has 3 amide bonds. The molecular weight excluding hydrogens is 412 g/mol. The molecule has 8 heteroatoms. The second-order valence-corrected chi connectivity index (χ2v) is 10.7. The molecule has 31 heavy (non-hydrogen) atoms. The second kappa shape index (κ2) is 8.54. The van der Waals surface area contributed by atoms with Gasteiger partial charge in [0.2, 0.25) is 11.8 Å². The van der Waals surface area contributed by atoms with Crippen LogP contribution in [0.2, 0.25) is 0 Å². The summed E-state index contributed by atoms with van der Waals surface area (Å²) in [6.07, 6.45) is 8.00. The van der Waals surface area contributed by atoms with Crippen molar-refractivity contribution in [3.8, 4) is 0 Å². The maximum absolute atomic E-state index is 13.3. The second-order valence-electron chi connectivity index (χ2n) is 9.71. The van der Waals surface area contributed by atoms with Crippen molar-refractivity contribution >= 4 is 29.1 Å². The van der Waals surface area contributed by atoms with Crippen LogP contribution in [0.1, 0.15) is 67.5 Å². The number of nitrogens with zero attached hydrogens (tertiary/aromatic N) is 2. The van der Waals surface area contributed by atoms with Gasteiger partial charge in [0.05, 0.1) is 10.9 Å². The average Bonchev–Trinajstić information content (AvgIpc) is 3.68. The van der Waals surface area contributed by atoms with E-state index in [1.807, 2.05) is 22.4 Å². The van der Waals surface area contributed by atoms with Gasteiger partial charge in [0, 0.05) is 30.6 Å². The first kappa shape index (κ1) is 20.9. The monoisotopic (exact) mass is 444 g/mol. The molecule has 3 N–H and O–H groups in total. The van der Waals surface area contributed by atoms with Gasteiger partial charge in [-0.05, 0) is 69.2 Å². The molecule has 168 valence electrons. The van der Waals surface area contributed by atoms with Crippen LogP contribution in [-0.4, -0.2) is 64.3 Å². The lowest BCUT2D eigenvalue weighted by Crippen LogP contribution is -2.50. The molecule has 1 saturated heterocycles. The number of hydrogen-bond acceptors (Lipinski definition) is 5. The van der Waals surface area contributed by atoms with Gasteiger partial charge in [0.1, 0.15) is 6.04 Å². The molecular formula is C23H32N4O3S. The zero-order valence-corrected chi connectivity index (χ0v) is 18.7. The lowest BCUT2D eigenvalue weighted by molar-refractivity contribution is -0.139. The lowest BCUT2D eigenvalue weighted by atomic mass is 9.91. The molecule has 5 rings (SSSR count). The minimum Gasteiger partial charge on any atom is -0.352 e. The summed E-state index contributed by atoms with van der Waals surface area (Å²) < 4.78 is 0. The van der Waals surface area contributed by atoms with Crippen molar-refractivity contribution < 1.29 is 14.4 Å². The Bertz CT molecular complexity index is 828. The summed E-state index contributed by atoms with van der Waals surface area (Å²) in [6.45, 7) is 0.469. The lowest BCUT2D eigenvalue weighted by Gasteiger charge is -2.30. The highest BCUT2D eigenvalue weighted by molar-refractivity contribution is 7.12. The normalized spacial score (nSPS) is 30.8. The number of carbonyl (C=O) groups excluding carboxylic acids is 3.